The molecule has 5 rings (SSSR count). The molecule has 3 aliphatic heterocycles. The molecule has 11 heteroatoms. The number of nitro groups is 1. The molecule has 3 heterocycles. The summed E-state index contributed by atoms with van der Waals surface area (Å²) in [4.78, 5) is 52.4. The molecule has 4 atom stereocenters. The fraction of sp³-hybridized carbons (Fsp3) is 0.250. The third-order valence-corrected chi connectivity index (χ3v) is 6.53. The molecule has 2 saturated heterocycles. The molecule has 0 bridgehead atoms. The summed E-state index contributed by atoms with van der Waals surface area (Å²) in [5.41, 5.74) is 0.114. The molecule has 178 valence electrons. The molecule has 2 fully saturated rings. The van der Waals surface area contributed by atoms with Crippen LogP contribution in [0.1, 0.15) is 10.4 Å². The lowest BCUT2D eigenvalue weighted by Gasteiger charge is -2.30. The van der Waals surface area contributed by atoms with E-state index < -0.39 is 46.4 Å². The van der Waals surface area contributed by atoms with Gasteiger partial charge in [-0.25, -0.2) is 4.90 Å². The molecule has 0 unspecified atom stereocenters. The monoisotopic (exact) mass is 476 g/mol. The van der Waals surface area contributed by atoms with Gasteiger partial charge in [0.05, 0.1) is 42.7 Å². The van der Waals surface area contributed by atoms with E-state index in [1.807, 2.05) is 0 Å². The molecule has 2 aromatic rings. The zero-order chi connectivity index (χ0) is 24.9. The molecule has 0 N–H and O–H groups in total. The van der Waals surface area contributed by atoms with Gasteiger partial charge in [-0.1, -0.05) is 12.1 Å². The van der Waals surface area contributed by atoms with Crippen LogP contribution in [0, 0.1) is 22.0 Å². The lowest BCUT2D eigenvalue weighted by Crippen LogP contribution is -2.46. The number of non-ortho nitro benzene ring substituents is 1. The molecule has 0 aromatic heterocycles. The van der Waals surface area contributed by atoms with Crippen molar-refractivity contribution in [3.05, 3.63) is 70.3 Å². The molecule has 0 aliphatic carbocycles. The Morgan fingerprint density at radius 2 is 1.77 bits per heavy atom. The van der Waals surface area contributed by atoms with Crippen molar-refractivity contribution in [1.29, 1.82) is 0 Å². The Hall–Kier alpha value is -4.54. The maximum atomic E-state index is 13.7. The molecule has 35 heavy (non-hydrogen) atoms. The zero-order valence-electron chi connectivity index (χ0n) is 18.7. The highest BCUT2D eigenvalue weighted by molar-refractivity contribution is 6.24. The summed E-state index contributed by atoms with van der Waals surface area (Å²) in [6, 6.07) is 8.33. The lowest BCUT2D eigenvalue weighted by atomic mass is 9.86. The SMILES string of the molecule is COc1ccc(C(=O)[C@H]2[C@@H]3C(=O)N(c4cccc([N+](=O)[O-])c4)C(=O)[C@@H]3[C@H]3C=CC=NN32)cc1OC. The van der Waals surface area contributed by atoms with E-state index in [1.54, 1.807) is 24.3 Å². The number of Topliss-reactive ketones (excluding diaryl/α,β-unsaturated/α-hetero) is 1. The number of ketones is 1. The molecule has 0 spiro atoms. The van der Waals surface area contributed by atoms with E-state index in [0.29, 0.717) is 11.5 Å². The van der Waals surface area contributed by atoms with Gasteiger partial charge in [-0.2, -0.15) is 5.10 Å². The topological polar surface area (TPSA) is 132 Å². The van der Waals surface area contributed by atoms with Crippen LogP contribution in [0.3, 0.4) is 0 Å². The number of ether oxygens (including phenoxy) is 2. The summed E-state index contributed by atoms with van der Waals surface area (Å²) in [6.45, 7) is 0. The lowest BCUT2D eigenvalue weighted by molar-refractivity contribution is -0.384. The predicted molar refractivity (Wildman–Crippen MR) is 123 cm³/mol. The Morgan fingerprint density at radius 1 is 1.03 bits per heavy atom. The van der Waals surface area contributed by atoms with Gasteiger partial charge in [0.25, 0.3) is 5.69 Å². The van der Waals surface area contributed by atoms with Crippen LogP contribution in [-0.2, 0) is 9.59 Å². The van der Waals surface area contributed by atoms with Crippen molar-refractivity contribution in [2.24, 2.45) is 16.9 Å². The van der Waals surface area contributed by atoms with Gasteiger partial charge in [0.1, 0.15) is 6.04 Å². The highest BCUT2D eigenvalue weighted by Crippen LogP contribution is 2.46. The second kappa shape index (κ2) is 8.35. The number of carbonyl (C=O) groups is 3. The van der Waals surface area contributed by atoms with Crippen molar-refractivity contribution in [1.82, 2.24) is 5.01 Å². The van der Waals surface area contributed by atoms with Crippen LogP contribution in [0.2, 0.25) is 0 Å². The number of allylic oxidation sites excluding steroid dienone is 1. The van der Waals surface area contributed by atoms with Crippen LogP contribution in [0.25, 0.3) is 0 Å². The first-order chi connectivity index (χ1) is 16.9. The third-order valence-electron chi connectivity index (χ3n) is 6.53. The molecule has 2 aromatic carbocycles. The van der Waals surface area contributed by atoms with E-state index in [0.717, 1.165) is 4.90 Å². The third kappa shape index (κ3) is 3.35. The summed E-state index contributed by atoms with van der Waals surface area (Å²) in [6.07, 6.45) is 4.89. The summed E-state index contributed by atoms with van der Waals surface area (Å²) < 4.78 is 10.6. The Morgan fingerprint density at radius 3 is 2.49 bits per heavy atom. The van der Waals surface area contributed by atoms with E-state index >= 15 is 0 Å². The Balaban J connectivity index is 1.57. The van der Waals surface area contributed by atoms with Crippen LogP contribution >= 0.6 is 0 Å². The number of nitrogens with zero attached hydrogens (tertiary/aromatic N) is 4. The van der Waals surface area contributed by atoms with Gasteiger partial charge < -0.3 is 9.47 Å². The predicted octanol–water partition coefficient (Wildman–Crippen LogP) is 2.21. The Labute approximate surface area is 199 Å². The van der Waals surface area contributed by atoms with E-state index in [2.05, 4.69) is 5.10 Å². The molecule has 2 amide bonds. The minimum atomic E-state index is -1.05. The Bertz CT molecular complexity index is 1320. The number of nitro benzene ring substituents is 1. The van der Waals surface area contributed by atoms with Crippen molar-refractivity contribution in [3.63, 3.8) is 0 Å². The summed E-state index contributed by atoms with van der Waals surface area (Å²) in [7, 11) is 2.93. The minimum absolute atomic E-state index is 0.0933. The van der Waals surface area contributed by atoms with E-state index in [4.69, 9.17) is 9.47 Å². The summed E-state index contributed by atoms with van der Waals surface area (Å²) >= 11 is 0. The second-order valence-electron chi connectivity index (χ2n) is 8.24. The number of hydrazone groups is 1. The summed E-state index contributed by atoms with van der Waals surface area (Å²) in [5.74, 6) is -2.64. The van der Waals surface area contributed by atoms with Gasteiger partial charge in [-0.3, -0.25) is 29.5 Å². The first-order valence-electron chi connectivity index (χ1n) is 10.7. The average Bonchev–Trinajstić information content (AvgIpc) is 3.35. The molecule has 3 aliphatic rings. The minimum Gasteiger partial charge on any atom is -0.493 e. The molecular weight excluding hydrogens is 456 g/mol. The van der Waals surface area contributed by atoms with E-state index in [9.17, 15) is 24.5 Å². The first-order valence-corrected chi connectivity index (χ1v) is 10.7. The maximum Gasteiger partial charge on any atom is 0.271 e. The van der Waals surface area contributed by atoms with Crippen LogP contribution in [0.15, 0.2) is 59.7 Å². The van der Waals surface area contributed by atoms with Gasteiger partial charge in [0.15, 0.2) is 17.3 Å². The molecule has 0 radical (unpaired) electrons. The average molecular weight is 476 g/mol. The number of hydrogen-bond donors (Lipinski definition) is 0. The first kappa shape index (κ1) is 22.3. The number of methoxy groups -OCH3 is 2. The highest BCUT2D eigenvalue weighted by atomic mass is 16.6. The quantitative estimate of drug-likeness (QED) is 0.268. The van der Waals surface area contributed by atoms with Crippen molar-refractivity contribution >= 4 is 35.2 Å². The fourth-order valence-corrected chi connectivity index (χ4v) is 5.00. The smallest absolute Gasteiger partial charge is 0.271 e. The van der Waals surface area contributed by atoms with Gasteiger partial charge >= 0.3 is 0 Å². The number of benzene rings is 2. The van der Waals surface area contributed by atoms with Crippen molar-refractivity contribution in [3.8, 4) is 11.5 Å². The van der Waals surface area contributed by atoms with Crippen molar-refractivity contribution in [2.45, 2.75) is 12.1 Å². The van der Waals surface area contributed by atoms with Gasteiger partial charge in [0, 0.05) is 23.9 Å². The van der Waals surface area contributed by atoms with Crippen LogP contribution in [0.4, 0.5) is 11.4 Å². The van der Waals surface area contributed by atoms with Crippen LogP contribution in [-0.4, -0.2) is 60.0 Å². The molecule has 11 nitrogen and oxygen atoms in total. The number of rotatable bonds is 6. The van der Waals surface area contributed by atoms with Crippen molar-refractivity contribution < 1.29 is 28.8 Å². The van der Waals surface area contributed by atoms with Gasteiger partial charge in [-0.05, 0) is 30.3 Å². The number of carbonyl (C=O) groups excluding carboxylic acids is 3. The molecule has 0 saturated carbocycles. The standard InChI is InChI=1S/C24H20N4O7/c1-34-17-9-8-13(11-18(17)35-2)22(29)21-20-19(16-7-4-10-25-27(16)21)23(30)26(24(20)31)14-5-3-6-15(12-14)28(32)33/h3-12,16,19-21H,1-2H3/t16-,19-,20-,21-/m1/s1. The maximum absolute atomic E-state index is 13.7. The van der Waals surface area contributed by atoms with Gasteiger partial charge in [-0.15, -0.1) is 0 Å². The fourth-order valence-electron chi connectivity index (χ4n) is 5.00. The normalized spacial score (nSPS) is 24.4. The Kier molecular flexibility index (Phi) is 5.31. The van der Waals surface area contributed by atoms with Crippen LogP contribution < -0.4 is 14.4 Å². The highest BCUT2D eigenvalue weighted by Gasteiger charge is 2.64. The van der Waals surface area contributed by atoms with E-state index in [-0.39, 0.29) is 16.9 Å². The largest absolute Gasteiger partial charge is 0.493 e. The van der Waals surface area contributed by atoms with Gasteiger partial charge in [0.2, 0.25) is 11.8 Å². The number of amides is 2. The molecular formula is C24H20N4O7. The number of hydrogen-bond acceptors (Lipinski definition) is 9. The van der Waals surface area contributed by atoms with Crippen molar-refractivity contribution in [2.75, 3.05) is 19.1 Å². The summed E-state index contributed by atoms with van der Waals surface area (Å²) in [5, 5.41) is 17.0. The zero-order valence-corrected chi connectivity index (χ0v) is 18.7. The number of imide groups is 1. The van der Waals surface area contributed by atoms with E-state index in [1.165, 1.54) is 55.8 Å². The number of fused-ring (bicyclic) bond motifs is 3. The second-order valence-corrected chi connectivity index (χ2v) is 8.24. The van der Waals surface area contributed by atoms with Crippen LogP contribution in [0.5, 0.6) is 11.5 Å². The number of anilines is 1.